The molecule has 10 heteroatoms. The molecule has 0 spiro atoms. The molecule has 2 rings (SSSR count). The van der Waals surface area contributed by atoms with Crippen LogP contribution in [0.1, 0.15) is 36.1 Å². The van der Waals surface area contributed by atoms with Crippen molar-refractivity contribution in [1.29, 1.82) is 0 Å². The Kier molecular flexibility index (Phi) is 9.46. The van der Waals surface area contributed by atoms with Crippen molar-refractivity contribution >= 4 is 27.3 Å². The smallest absolute Gasteiger partial charge is 0.213 e. The maximum Gasteiger partial charge on any atom is 0.213 e. The van der Waals surface area contributed by atoms with Crippen molar-refractivity contribution in [3.05, 3.63) is 16.1 Å². The Hall–Kier alpha value is -1.23. The normalized spacial score (nSPS) is 18.4. The lowest BCUT2D eigenvalue weighted by atomic mass is 10.1. The first kappa shape index (κ1) is 22.1. The number of nitrogens with zero attached hydrogens (tertiary/aromatic N) is 2. The molecular formula is C17H31N5O3S2. The second-order valence-electron chi connectivity index (χ2n) is 6.41. The van der Waals surface area contributed by atoms with Crippen LogP contribution in [-0.4, -0.2) is 64.5 Å². The zero-order valence-corrected chi connectivity index (χ0v) is 17.8. The number of guanidine groups is 1. The van der Waals surface area contributed by atoms with Gasteiger partial charge in [0.25, 0.3) is 0 Å². The first-order valence-corrected chi connectivity index (χ1v) is 12.0. The molecule has 0 aliphatic carbocycles. The fraction of sp³-hybridized carbons (Fsp3) is 0.765. The van der Waals surface area contributed by atoms with Crippen LogP contribution in [0.2, 0.25) is 0 Å². The SMILES string of the molecule is CCc1cnc(CCNC(=NC)NCCS(=O)(=O)NCC2CCCCO2)s1. The minimum atomic E-state index is -3.33. The van der Waals surface area contributed by atoms with E-state index in [0.717, 1.165) is 43.7 Å². The Morgan fingerprint density at radius 1 is 1.37 bits per heavy atom. The fourth-order valence-corrected chi connectivity index (χ4v) is 4.52. The lowest BCUT2D eigenvalue weighted by molar-refractivity contribution is 0.0200. The molecule has 27 heavy (non-hydrogen) atoms. The molecule has 1 aliphatic rings. The lowest BCUT2D eigenvalue weighted by Crippen LogP contribution is -2.43. The molecule has 8 nitrogen and oxygen atoms in total. The molecule has 1 aromatic rings. The molecule has 0 aromatic carbocycles. The number of aromatic nitrogens is 1. The molecular weight excluding hydrogens is 386 g/mol. The van der Waals surface area contributed by atoms with Gasteiger partial charge in [0.15, 0.2) is 5.96 Å². The van der Waals surface area contributed by atoms with Gasteiger partial charge in [-0.15, -0.1) is 11.3 Å². The van der Waals surface area contributed by atoms with Crippen molar-refractivity contribution in [1.82, 2.24) is 20.3 Å². The number of aliphatic imine (C=N–C) groups is 1. The van der Waals surface area contributed by atoms with Gasteiger partial charge in [0.2, 0.25) is 10.0 Å². The summed E-state index contributed by atoms with van der Waals surface area (Å²) in [6, 6.07) is 0. The minimum absolute atomic E-state index is 0.00463. The second kappa shape index (κ2) is 11.6. The molecule has 0 saturated carbocycles. The van der Waals surface area contributed by atoms with Crippen molar-refractivity contribution in [2.75, 3.05) is 39.0 Å². The van der Waals surface area contributed by atoms with E-state index in [9.17, 15) is 8.42 Å². The van der Waals surface area contributed by atoms with Crippen LogP contribution in [0.4, 0.5) is 0 Å². The highest BCUT2D eigenvalue weighted by Gasteiger charge is 2.17. The number of nitrogens with one attached hydrogen (secondary N) is 3. The summed E-state index contributed by atoms with van der Waals surface area (Å²) >= 11 is 1.72. The van der Waals surface area contributed by atoms with E-state index in [2.05, 4.69) is 32.3 Å². The van der Waals surface area contributed by atoms with Crippen LogP contribution >= 0.6 is 11.3 Å². The number of ether oxygens (including phenoxy) is 1. The monoisotopic (exact) mass is 417 g/mol. The number of hydrogen-bond acceptors (Lipinski definition) is 6. The fourth-order valence-electron chi connectivity index (χ4n) is 2.70. The van der Waals surface area contributed by atoms with Crippen LogP contribution < -0.4 is 15.4 Å². The van der Waals surface area contributed by atoms with Gasteiger partial charge < -0.3 is 15.4 Å². The van der Waals surface area contributed by atoms with E-state index in [1.54, 1.807) is 18.4 Å². The standard InChI is InChI=1S/C17H31N5O3S2/c1-3-15-13-21-16(26-15)7-8-19-17(18-2)20-9-11-27(23,24)22-12-14-6-4-5-10-25-14/h13-14,22H,3-12H2,1-2H3,(H2,18,19,20). The van der Waals surface area contributed by atoms with Crippen molar-refractivity contribution in [3.63, 3.8) is 0 Å². The van der Waals surface area contributed by atoms with Gasteiger partial charge in [0, 0.05) is 50.8 Å². The predicted molar refractivity (Wildman–Crippen MR) is 110 cm³/mol. The maximum atomic E-state index is 12.1. The molecule has 1 saturated heterocycles. The van der Waals surface area contributed by atoms with Gasteiger partial charge in [-0.1, -0.05) is 6.92 Å². The summed E-state index contributed by atoms with van der Waals surface area (Å²) in [5.41, 5.74) is 0. The number of hydrogen-bond donors (Lipinski definition) is 3. The van der Waals surface area contributed by atoms with Crippen molar-refractivity contribution < 1.29 is 13.2 Å². The van der Waals surface area contributed by atoms with E-state index < -0.39 is 10.0 Å². The summed E-state index contributed by atoms with van der Waals surface area (Å²) < 4.78 is 32.4. The minimum Gasteiger partial charge on any atom is -0.377 e. The topological polar surface area (TPSA) is 105 Å². The highest BCUT2D eigenvalue weighted by Crippen LogP contribution is 2.13. The summed E-state index contributed by atoms with van der Waals surface area (Å²) in [4.78, 5) is 9.79. The van der Waals surface area contributed by atoms with Gasteiger partial charge in [0.05, 0.1) is 16.9 Å². The molecule has 1 fully saturated rings. The summed E-state index contributed by atoms with van der Waals surface area (Å²) in [6.07, 6.45) is 6.80. The molecule has 1 unspecified atom stereocenters. The van der Waals surface area contributed by atoms with Gasteiger partial charge in [-0.05, 0) is 25.7 Å². The van der Waals surface area contributed by atoms with Crippen LogP contribution in [-0.2, 0) is 27.6 Å². The summed E-state index contributed by atoms with van der Waals surface area (Å²) in [7, 11) is -1.66. The number of thiazole rings is 1. The van der Waals surface area contributed by atoms with Crippen LogP contribution in [0.15, 0.2) is 11.2 Å². The third kappa shape index (κ3) is 8.54. The highest BCUT2D eigenvalue weighted by molar-refractivity contribution is 7.89. The second-order valence-corrected chi connectivity index (χ2v) is 9.53. The highest BCUT2D eigenvalue weighted by atomic mass is 32.2. The maximum absolute atomic E-state index is 12.1. The van der Waals surface area contributed by atoms with Gasteiger partial charge in [-0.25, -0.2) is 18.1 Å². The van der Waals surface area contributed by atoms with E-state index in [-0.39, 0.29) is 18.4 Å². The lowest BCUT2D eigenvalue weighted by Gasteiger charge is -2.22. The molecule has 3 N–H and O–H groups in total. The molecule has 1 aromatic heterocycles. The number of aryl methyl sites for hydroxylation is 1. The van der Waals surface area contributed by atoms with Gasteiger partial charge in [-0.3, -0.25) is 4.99 Å². The van der Waals surface area contributed by atoms with E-state index in [1.807, 2.05) is 6.20 Å². The summed E-state index contributed by atoms with van der Waals surface area (Å²) in [5.74, 6) is 0.584. The first-order valence-electron chi connectivity index (χ1n) is 9.49. The van der Waals surface area contributed by atoms with Crippen molar-refractivity contribution in [2.24, 2.45) is 4.99 Å². The van der Waals surface area contributed by atoms with Crippen molar-refractivity contribution in [2.45, 2.75) is 45.1 Å². The van der Waals surface area contributed by atoms with Crippen LogP contribution in [0.3, 0.4) is 0 Å². The van der Waals surface area contributed by atoms with Gasteiger partial charge in [-0.2, -0.15) is 0 Å². The van der Waals surface area contributed by atoms with Crippen LogP contribution in [0.5, 0.6) is 0 Å². The first-order chi connectivity index (χ1) is 13.0. The largest absolute Gasteiger partial charge is 0.377 e. The summed E-state index contributed by atoms with van der Waals surface area (Å²) in [5, 5.41) is 7.31. The van der Waals surface area contributed by atoms with E-state index in [0.29, 0.717) is 19.0 Å². The van der Waals surface area contributed by atoms with Crippen molar-refractivity contribution in [3.8, 4) is 0 Å². The molecule has 0 radical (unpaired) electrons. The predicted octanol–water partition coefficient (Wildman–Crippen LogP) is 0.902. The van der Waals surface area contributed by atoms with Gasteiger partial charge in [0.1, 0.15) is 0 Å². The molecule has 1 aliphatic heterocycles. The van der Waals surface area contributed by atoms with Gasteiger partial charge >= 0.3 is 0 Å². The Bertz CT molecular complexity index is 684. The average Bonchev–Trinajstić information content (AvgIpc) is 3.14. The molecule has 2 heterocycles. The van der Waals surface area contributed by atoms with E-state index in [1.165, 1.54) is 4.88 Å². The van der Waals surface area contributed by atoms with E-state index in [4.69, 9.17) is 4.74 Å². The van der Waals surface area contributed by atoms with E-state index >= 15 is 0 Å². The zero-order valence-electron chi connectivity index (χ0n) is 16.2. The third-order valence-corrected chi connectivity index (χ3v) is 6.82. The Morgan fingerprint density at radius 2 is 2.19 bits per heavy atom. The quantitative estimate of drug-likeness (QED) is 0.386. The van der Waals surface area contributed by atoms with Crippen LogP contribution in [0, 0.1) is 0 Å². The average molecular weight is 418 g/mol. The molecule has 0 bridgehead atoms. The molecule has 0 amide bonds. The molecule has 154 valence electrons. The molecule has 1 atom stereocenters. The summed E-state index contributed by atoms with van der Waals surface area (Å²) in [6.45, 7) is 4.17. The van der Waals surface area contributed by atoms with Crippen LogP contribution in [0.25, 0.3) is 0 Å². The zero-order chi connectivity index (χ0) is 19.5. The Morgan fingerprint density at radius 3 is 2.85 bits per heavy atom. The number of sulfonamides is 1. The number of rotatable bonds is 10. The third-order valence-electron chi connectivity index (χ3n) is 4.27. The Balaban J connectivity index is 1.62. The Labute approximate surface area is 166 Å².